The average molecular weight is 487 g/mol. The van der Waals surface area contributed by atoms with Gasteiger partial charge in [0.1, 0.15) is 46.1 Å². The largest absolute Gasteiger partial charge is 0.382 e. The van der Waals surface area contributed by atoms with Gasteiger partial charge in [-0.3, -0.25) is 9.36 Å². The van der Waals surface area contributed by atoms with Gasteiger partial charge in [0.15, 0.2) is 5.82 Å². The van der Waals surface area contributed by atoms with Gasteiger partial charge < -0.3 is 16.8 Å². The third kappa shape index (κ3) is 3.93. The highest BCUT2D eigenvalue weighted by molar-refractivity contribution is 6.35. The number of anilines is 3. The lowest BCUT2D eigenvalue weighted by molar-refractivity contribution is 0.579. The van der Waals surface area contributed by atoms with E-state index in [1.54, 1.807) is 0 Å². The fourth-order valence-electron chi connectivity index (χ4n) is 3.42. The zero-order valence-electron chi connectivity index (χ0n) is 17.3. The van der Waals surface area contributed by atoms with E-state index in [-0.39, 0.29) is 45.2 Å². The molecule has 0 aliphatic rings. The van der Waals surface area contributed by atoms with Crippen molar-refractivity contribution in [1.29, 1.82) is 5.26 Å². The van der Waals surface area contributed by atoms with Gasteiger partial charge in [-0.05, 0) is 31.2 Å². The number of rotatable bonds is 4. The molecular formula is C21H14ClF3N8O. The van der Waals surface area contributed by atoms with Crippen molar-refractivity contribution >= 4 is 40.1 Å². The summed E-state index contributed by atoms with van der Waals surface area (Å²) >= 11 is 6.16. The van der Waals surface area contributed by atoms with Crippen molar-refractivity contribution in [2.45, 2.75) is 13.0 Å². The van der Waals surface area contributed by atoms with E-state index in [2.05, 4.69) is 20.3 Å². The molecular weight excluding hydrogens is 473 g/mol. The molecule has 0 radical (unpaired) electrons. The second-order valence-electron chi connectivity index (χ2n) is 7.16. The van der Waals surface area contributed by atoms with Crippen LogP contribution in [0.15, 0.2) is 35.1 Å². The topological polar surface area (TPSA) is 149 Å². The van der Waals surface area contributed by atoms with Crippen molar-refractivity contribution in [2.24, 2.45) is 0 Å². The third-order valence-corrected chi connectivity index (χ3v) is 5.17. The molecule has 2 aromatic carbocycles. The summed E-state index contributed by atoms with van der Waals surface area (Å²) in [7, 11) is 0. The van der Waals surface area contributed by atoms with Crippen LogP contribution in [-0.2, 0) is 0 Å². The Kier molecular flexibility index (Phi) is 5.72. The van der Waals surface area contributed by atoms with Crippen LogP contribution < -0.4 is 22.3 Å². The number of fused-ring (bicyclic) bond motifs is 1. The van der Waals surface area contributed by atoms with Gasteiger partial charge in [-0.15, -0.1) is 0 Å². The first-order valence-electron chi connectivity index (χ1n) is 9.57. The van der Waals surface area contributed by atoms with Crippen LogP contribution in [0.3, 0.4) is 0 Å². The maximum absolute atomic E-state index is 14.6. The van der Waals surface area contributed by atoms with Crippen LogP contribution in [0.2, 0.25) is 5.02 Å². The second kappa shape index (κ2) is 8.53. The summed E-state index contributed by atoms with van der Waals surface area (Å²) in [5, 5.41) is 11.8. The molecule has 13 heteroatoms. The minimum Gasteiger partial charge on any atom is -0.382 e. The van der Waals surface area contributed by atoms with Crippen molar-refractivity contribution < 1.29 is 13.2 Å². The van der Waals surface area contributed by atoms with Crippen LogP contribution in [0.25, 0.3) is 16.6 Å². The molecule has 1 unspecified atom stereocenters. The van der Waals surface area contributed by atoms with E-state index in [0.717, 1.165) is 22.8 Å². The van der Waals surface area contributed by atoms with E-state index in [9.17, 15) is 23.2 Å². The van der Waals surface area contributed by atoms with E-state index in [1.807, 2.05) is 6.07 Å². The Morgan fingerprint density at radius 1 is 1.12 bits per heavy atom. The molecule has 4 aromatic rings. The Balaban J connectivity index is 2.01. The highest BCUT2D eigenvalue weighted by atomic mass is 35.5. The first-order chi connectivity index (χ1) is 16.1. The number of hydrogen-bond donors (Lipinski definition) is 3. The van der Waals surface area contributed by atoms with Gasteiger partial charge in [0.25, 0.3) is 5.56 Å². The van der Waals surface area contributed by atoms with E-state index in [4.69, 9.17) is 23.1 Å². The Hall–Kier alpha value is -4.37. The van der Waals surface area contributed by atoms with Crippen molar-refractivity contribution in [2.75, 3.05) is 16.8 Å². The summed E-state index contributed by atoms with van der Waals surface area (Å²) in [6.45, 7) is 1.52. The minimum absolute atomic E-state index is 0.0206. The first kappa shape index (κ1) is 22.8. The summed E-state index contributed by atoms with van der Waals surface area (Å²) in [5.41, 5.74) is 9.86. The number of halogens is 4. The molecule has 0 fully saturated rings. The normalized spacial score (nSPS) is 11.9. The van der Waals surface area contributed by atoms with E-state index in [1.165, 1.54) is 13.0 Å². The number of nitriles is 1. The van der Waals surface area contributed by atoms with Crippen LogP contribution in [0.4, 0.5) is 30.8 Å². The van der Waals surface area contributed by atoms with Gasteiger partial charge in [0.2, 0.25) is 5.95 Å². The van der Waals surface area contributed by atoms with E-state index >= 15 is 0 Å². The summed E-state index contributed by atoms with van der Waals surface area (Å²) in [5.74, 6) is -3.46. The van der Waals surface area contributed by atoms with Crippen LogP contribution in [0.5, 0.6) is 0 Å². The van der Waals surface area contributed by atoms with Gasteiger partial charge in [0, 0.05) is 6.07 Å². The standard InChI is InChI=1S/C21H14ClF3N8O/c1-8(29-18-12(7-26)17(27)31-21(28)32-18)19-30-16-13(22)2-3-14(25)15(16)20(34)33(19)11-5-9(23)4-10(24)6-11/h2-6,8H,1H3,(H5,27,28,29,31,32). The molecule has 0 bridgehead atoms. The molecule has 0 saturated carbocycles. The van der Waals surface area contributed by atoms with Gasteiger partial charge in [-0.1, -0.05) is 11.6 Å². The van der Waals surface area contributed by atoms with Crippen LogP contribution in [0, 0.1) is 28.8 Å². The summed E-state index contributed by atoms with van der Waals surface area (Å²) < 4.78 is 43.4. The average Bonchev–Trinajstić information content (AvgIpc) is 2.74. The Bertz CT molecular complexity index is 1550. The van der Waals surface area contributed by atoms with Crippen molar-refractivity contribution in [1.82, 2.24) is 19.5 Å². The number of benzene rings is 2. The van der Waals surface area contributed by atoms with Crippen molar-refractivity contribution in [3.8, 4) is 11.8 Å². The Morgan fingerprint density at radius 3 is 2.44 bits per heavy atom. The number of nitrogens with two attached hydrogens (primary N) is 2. The highest BCUT2D eigenvalue weighted by Crippen LogP contribution is 2.28. The second-order valence-corrected chi connectivity index (χ2v) is 7.57. The molecule has 9 nitrogen and oxygen atoms in total. The number of nitrogens with zero attached hydrogens (tertiary/aromatic N) is 5. The zero-order chi connectivity index (χ0) is 24.7. The maximum Gasteiger partial charge on any atom is 0.269 e. The van der Waals surface area contributed by atoms with E-state index in [0.29, 0.717) is 6.07 Å². The Labute approximate surface area is 194 Å². The fourth-order valence-corrected chi connectivity index (χ4v) is 3.62. The summed E-state index contributed by atoms with van der Waals surface area (Å²) in [6.07, 6.45) is 0. The summed E-state index contributed by atoms with van der Waals surface area (Å²) in [6, 6.07) is 5.48. The molecule has 1 atom stereocenters. The molecule has 2 heterocycles. The smallest absolute Gasteiger partial charge is 0.269 e. The molecule has 0 saturated heterocycles. The first-order valence-corrected chi connectivity index (χ1v) is 9.95. The lowest BCUT2D eigenvalue weighted by atomic mass is 10.2. The number of nitrogen functional groups attached to an aromatic ring is 2. The van der Waals surface area contributed by atoms with Gasteiger partial charge in [-0.25, -0.2) is 18.2 Å². The number of nitrogens with one attached hydrogen (secondary N) is 1. The predicted molar refractivity (Wildman–Crippen MR) is 120 cm³/mol. The van der Waals surface area contributed by atoms with Gasteiger partial charge in [-0.2, -0.15) is 15.2 Å². The SMILES string of the molecule is CC(Nc1nc(N)nc(N)c1C#N)c1nc2c(Cl)ccc(F)c2c(=O)n1-c1cc(F)cc(F)c1. The molecule has 0 amide bonds. The molecule has 34 heavy (non-hydrogen) atoms. The number of aromatic nitrogens is 4. The zero-order valence-corrected chi connectivity index (χ0v) is 18.0. The lowest BCUT2D eigenvalue weighted by Gasteiger charge is -2.21. The molecule has 0 aliphatic heterocycles. The highest BCUT2D eigenvalue weighted by Gasteiger charge is 2.23. The molecule has 0 aliphatic carbocycles. The fraction of sp³-hybridized carbons (Fsp3) is 0.0952. The quantitative estimate of drug-likeness (QED) is 0.397. The predicted octanol–water partition coefficient (Wildman–Crippen LogP) is 3.46. The summed E-state index contributed by atoms with van der Waals surface area (Å²) in [4.78, 5) is 25.4. The van der Waals surface area contributed by atoms with Gasteiger partial charge in [0.05, 0.1) is 22.3 Å². The van der Waals surface area contributed by atoms with Crippen LogP contribution >= 0.6 is 11.6 Å². The van der Waals surface area contributed by atoms with Crippen LogP contribution in [-0.4, -0.2) is 19.5 Å². The molecule has 2 aromatic heterocycles. The third-order valence-electron chi connectivity index (χ3n) is 4.86. The minimum atomic E-state index is -0.969. The monoisotopic (exact) mass is 486 g/mol. The molecule has 5 N–H and O–H groups in total. The number of hydrogen-bond acceptors (Lipinski definition) is 8. The Morgan fingerprint density at radius 2 is 1.79 bits per heavy atom. The van der Waals surface area contributed by atoms with Crippen molar-refractivity contribution in [3.63, 3.8) is 0 Å². The lowest BCUT2D eigenvalue weighted by Crippen LogP contribution is -2.28. The van der Waals surface area contributed by atoms with Crippen molar-refractivity contribution in [3.05, 3.63) is 74.5 Å². The van der Waals surface area contributed by atoms with E-state index < -0.39 is 34.4 Å². The van der Waals surface area contributed by atoms with Gasteiger partial charge >= 0.3 is 0 Å². The molecule has 4 rings (SSSR count). The molecule has 172 valence electrons. The van der Waals surface area contributed by atoms with Crippen LogP contribution in [0.1, 0.15) is 24.4 Å². The maximum atomic E-state index is 14.6. The molecule has 0 spiro atoms.